The van der Waals surface area contributed by atoms with Crippen molar-refractivity contribution >= 4 is 23.4 Å². The highest BCUT2D eigenvalue weighted by molar-refractivity contribution is 6.30. The van der Waals surface area contributed by atoms with Gasteiger partial charge in [-0.2, -0.15) is 0 Å². The van der Waals surface area contributed by atoms with Crippen molar-refractivity contribution in [2.45, 2.75) is 12.8 Å². The summed E-state index contributed by atoms with van der Waals surface area (Å²) in [5.41, 5.74) is 1.51. The van der Waals surface area contributed by atoms with Gasteiger partial charge >= 0.3 is 0 Å². The lowest BCUT2D eigenvalue weighted by molar-refractivity contribution is 0.799. The van der Waals surface area contributed by atoms with Gasteiger partial charge in [0.2, 0.25) is 5.95 Å². The standard InChI is InChI=1S/C20H22ClN5O/c1-26(18-5-2-3-10-22-18)12-4-11-23-20-24-14-16(19(27)25-20)13-15-6-8-17(21)9-7-15/h2-3,5-10,14H,4,11-13H2,1H3,(H2,23,24,25,27). The van der Waals surface area contributed by atoms with Crippen LogP contribution in [0.4, 0.5) is 11.8 Å². The van der Waals surface area contributed by atoms with Crippen LogP contribution in [0.2, 0.25) is 5.02 Å². The minimum Gasteiger partial charge on any atom is -0.360 e. The number of rotatable bonds is 8. The van der Waals surface area contributed by atoms with Crippen LogP contribution < -0.4 is 15.8 Å². The molecule has 3 rings (SSSR count). The van der Waals surface area contributed by atoms with Crippen molar-refractivity contribution in [1.82, 2.24) is 15.0 Å². The number of H-pyrrole nitrogens is 1. The summed E-state index contributed by atoms with van der Waals surface area (Å²) in [5, 5.41) is 3.84. The Morgan fingerprint density at radius 1 is 1.15 bits per heavy atom. The fraction of sp³-hybridized carbons (Fsp3) is 0.250. The van der Waals surface area contributed by atoms with E-state index in [9.17, 15) is 4.79 Å². The molecule has 0 fully saturated rings. The Balaban J connectivity index is 1.49. The molecule has 2 aromatic heterocycles. The second-order valence-electron chi connectivity index (χ2n) is 6.28. The number of nitrogens with one attached hydrogen (secondary N) is 2. The Morgan fingerprint density at radius 2 is 1.96 bits per heavy atom. The molecule has 3 aromatic rings. The van der Waals surface area contributed by atoms with Gasteiger partial charge in [0.25, 0.3) is 5.56 Å². The molecule has 0 aliphatic carbocycles. The smallest absolute Gasteiger partial charge is 0.255 e. The summed E-state index contributed by atoms with van der Waals surface area (Å²) >= 11 is 5.89. The third kappa shape index (κ3) is 5.56. The molecule has 0 saturated carbocycles. The van der Waals surface area contributed by atoms with Crippen LogP contribution in [0.3, 0.4) is 0 Å². The number of benzene rings is 1. The third-order valence-electron chi connectivity index (χ3n) is 4.18. The number of hydrogen-bond acceptors (Lipinski definition) is 5. The zero-order valence-corrected chi connectivity index (χ0v) is 15.9. The lowest BCUT2D eigenvalue weighted by Crippen LogP contribution is -2.23. The monoisotopic (exact) mass is 383 g/mol. The lowest BCUT2D eigenvalue weighted by Gasteiger charge is -2.17. The quantitative estimate of drug-likeness (QED) is 0.583. The Bertz CT molecular complexity index is 912. The van der Waals surface area contributed by atoms with Crippen LogP contribution in [-0.4, -0.2) is 35.1 Å². The normalized spacial score (nSPS) is 10.6. The second-order valence-corrected chi connectivity index (χ2v) is 6.72. The largest absolute Gasteiger partial charge is 0.360 e. The minimum atomic E-state index is -0.131. The summed E-state index contributed by atoms with van der Waals surface area (Å²) in [6.07, 6.45) is 4.82. The average molecular weight is 384 g/mol. The van der Waals surface area contributed by atoms with Crippen molar-refractivity contribution in [2.75, 3.05) is 30.4 Å². The first-order valence-corrected chi connectivity index (χ1v) is 9.18. The summed E-state index contributed by atoms with van der Waals surface area (Å²) in [7, 11) is 2.01. The molecule has 2 heterocycles. The van der Waals surface area contributed by atoms with E-state index >= 15 is 0 Å². The van der Waals surface area contributed by atoms with Crippen LogP contribution in [-0.2, 0) is 6.42 Å². The van der Waals surface area contributed by atoms with Crippen LogP contribution in [0.25, 0.3) is 0 Å². The zero-order valence-electron chi connectivity index (χ0n) is 15.2. The van der Waals surface area contributed by atoms with Crippen LogP contribution >= 0.6 is 11.6 Å². The van der Waals surface area contributed by atoms with E-state index in [1.54, 1.807) is 12.4 Å². The van der Waals surface area contributed by atoms with Gasteiger partial charge in [-0.3, -0.25) is 9.78 Å². The fourth-order valence-corrected chi connectivity index (χ4v) is 2.80. The van der Waals surface area contributed by atoms with Crippen molar-refractivity contribution in [3.8, 4) is 0 Å². The molecular formula is C20H22ClN5O. The van der Waals surface area contributed by atoms with Crippen molar-refractivity contribution in [3.05, 3.63) is 81.4 Å². The molecule has 0 aliphatic rings. The van der Waals surface area contributed by atoms with Gasteiger partial charge in [-0.15, -0.1) is 0 Å². The molecule has 0 amide bonds. The Morgan fingerprint density at radius 3 is 2.67 bits per heavy atom. The van der Waals surface area contributed by atoms with Crippen molar-refractivity contribution in [2.24, 2.45) is 0 Å². The molecule has 0 saturated heterocycles. The molecule has 7 heteroatoms. The summed E-state index contributed by atoms with van der Waals surface area (Å²) < 4.78 is 0. The van der Waals surface area contributed by atoms with Gasteiger partial charge in [-0.05, 0) is 36.2 Å². The summed E-state index contributed by atoms with van der Waals surface area (Å²) in [6, 6.07) is 13.3. The van der Waals surface area contributed by atoms with Gasteiger partial charge in [0.1, 0.15) is 5.82 Å². The first-order chi connectivity index (χ1) is 13.1. The molecule has 27 heavy (non-hydrogen) atoms. The van der Waals surface area contributed by atoms with E-state index < -0.39 is 0 Å². The van der Waals surface area contributed by atoms with Crippen LogP contribution in [0.15, 0.2) is 59.7 Å². The number of nitrogens with zero attached hydrogens (tertiary/aromatic N) is 3. The SMILES string of the molecule is CN(CCCNc1ncc(Cc2ccc(Cl)cc2)c(=O)[nH]1)c1ccccn1. The maximum Gasteiger partial charge on any atom is 0.255 e. The number of aromatic amines is 1. The van der Waals surface area contributed by atoms with E-state index in [0.717, 1.165) is 24.3 Å². The Hall–Kier alpha value is -2.86. The number of aromatic nitrogens is 3. The number of hydrogen-bond donors (Lipinski definition) is 2. The Kier molecular flexibility index (Phi) is 6.44. The first-order valence-electron chi connectivity index (χ1n) is 8.80. The van der Waals surface area contributed by atoms with E-state index in [1.807, 2.05) is 49.5 Å². The molecule has 0 bridgehead atoms. The minimum absolute atomic E-state index is 0.131. The molecule has 2 N–H and O–H groups in total. The van der Waals surface area contributed by atoms with E-state index in [1.165, 1.54) is 0 Å². The van der Waals surface area contributed by atoms with Gasteiger partial charge < -0.3 is 10.2 Å². The van der Waals surface area contributed by atoms with Gasteiger partial charge in [-0.25, -0.2) is 9.97 Å². The predicted molar refractivity (Wildman–Crippen MR) is 110 cm³/mol. The van der Waals surface area contributed by atoms with E-state index in [4.69, 9.17) is 11.6 Å². The molecule has 0 unspecified atom stereocenters. The van der Waals surface area contributed by atoms with Crippen LogP contribution in [0, 0.1) is 0 Å². The molecule has 6 nitrogen and oxygen atoms in total. The average Bonchev–Trinajstić information content (AvgIpc) is 2.69. The molecule has 0 radical (unpaired) electrons. The van der Waals surface area contributed by atoms with Crippen LogP contribution in [0.1, 0.15) is 17.5 Å². The van der Waals surface area contributed by atoms with Crippen LogP contribution in [0.5, 0.6) is 0 Å². The molecule has 0 aliphatic heterocycles. The summed E-state index contributed by atoms with van der Waals surface area (Å²) in [4.78, 5) is 25.8. The van der Waals surface area contributed by atoms with Crippen molar-refractivity contribution in [3.63, 3.8) is 0 Å². The maximum absolute atomic E-state index is 12.3. The summed E-state index contributed by atoms with van der Waals surface area (Å²) in [5.74, 6) is 1.43. The van der Waals surface area contributed by atoms with Crippen molar-refractivity contribution in [1.29, 1.82) is 0 Å². The van der Waals surface area contributed by atoms with E-state index in [0.29, 0.717) is 29.5 Å². The first kappa shape index (κ1) is 18.9. The second kappa shape index (κ2) is 9.19. The third-order valence-corrected chi connectivity index (χ3v) is 4.44. The topological polar surface area (TPSA) is 73.9 Å². The summed E-state index contributed by atoms with van der Waals surface area (Å²) in [6.45, 7) is 1.56. The maximum atomic E-state index is 12.3. The molecule has 0 spiro atoms. The van der Waals surface area contributed by atoms with Gasteiger partial charge in [0.15, 0.2) is 0 Å². The van der Waals surface area contributed by atoms with Crippen molar-refractivity contribution < 1.29 is 0 Å². The molecule has 0 atom stereocenters. The fourth-order valence-electron chi connectivity index (χ4n) is 2.68. The van der Waals surface area contributed by atoms with Gasteiger partial charge in [0, 0.05) is 49.5 Å². The van der Waals surface area contributed by atoms with E-state index in [-0.39, 0.29) is 5.56 Å². The number of anilines is 2. The number of pyridine rings is 1. The zero-order chi connectivity index (χ0) is 19.1. The number of halogens is 1. The highest BCUT2D eigenvalue weighted by Crippen LogP contribution is 2.12. The van der Waals surface area contributed by atoms with E-state index in [2.05, 4.69) is 25.2 Å². The Labute approximate surface area is 163 Å². The highest BCUT2D eigenvalue weighted by atomic mass is 35.5. The predicted octanol–water partition coefficient (Wildman–Crippen LogP) is 3.35. The molecule has 1 aromatic carbocycles. The van der Waals surface area contributed by atoms with Gasteiger partial charge in [-0.1, -0.05) is 29.8 Å². The molecular weight excluding hydrogens is 362 g/mol. The van der Waals surface area contributed by atoms with Gasteiger partial charge in [0.05, 0.1) is 0 Å². The highest BCUT2D eigenvalue weighted by Gasteiger charge is 2.05. The molecule has 140 valence electrons. The lowest BCUT2D eigenvalue weighted by atomic mass is 10.1.